The lowest BCUT2D eigenvalue weighted by Gasteiger charge is -2.09. The van der Waals surface area contributed by atoms with Crippen LogP contribution in [0, 0.1) is 19.7 Å². The number of hydrogen-bond acceptors (Lipinski definition) is 3. The summed E-state index contributed by atoms with van der Waals surface area (Å²) in [7, 11) is 0. The third-order valence-electron chi connectivity index (χ3n) is 4.54. The highest BCUT2D eigenvalue weighted by molar-refractivity contribution is 5.95. The van der Waals surface area contributed by atoms with E-state index in [1.807, 2.05) is 38.1 Å². The number of ether oxygens (including phenoxy) is 1. The number of para-hydroxylation sites is 1. The van der Waals surface area contributed by atoms with Crippen LogP contribution in [-0.4, -0.2) is 28.8 Å². The first-order valence-corrected chi connectivity index (χ1v) is 9.33. The molecule has 0 atom stereocenters. The summed E-state index contributed by atoms with van der Waals surface area (Å²) < 4.78 is 20.2. The zero-order chi connectivity index (χ0) is 19.9. The number of nitrogens with zero attached hydrogens (tertiary/aromatic N) is 2. The van der Waals surface area contributed by atoms with Crippen LogP contribution < -0.4 is 10.1 Å². The molecule has 1 aromatic heterocycles. The molecule has 6 heteroatoms. The largest absolute Gasteiger partial charge is 0.494 e. The van der Waals surface area contributed by atoms with E-state index in [9.17, 15) is 9.18 Å². The lowest BCUT2D eigenvalue weighted by molar-refractivity contribution is 0.0951. The molecular weight excluding hydrogens is 357 g/mol. The van der Waals surface area contributed by atoms with Gasteiger partial charge in [-0.25, -0.2) is 9.07 Å². The van der Waals surface area contributed by atoms with E-state index in [0.717, 1.165) is 29.8 Å². The highest BCUT2D eigenvalue weighted by atomic mass is 19.1. The Balaban J connectivity index is 1.45. The normalized spacial score (nSPS) is 10.7. The van der Waals surface area contributed by atoms with Crippen LogP contribution in [0.3, 0.4) is 0 Å². The predicted octanol–water partition coefficient (Wildman–Crippen LogP) is 4.22. The summed E-state index contributed by atoms with van der Waals surface area (Å²) in [5.41, 5.74) is 3.45. The van der Waals surface area contributed by atoms with E-state index < -0.39 is 0 Å². The molecule has 3 rings (SSSR count). The van der Waals surface area contributed by atoms with E-state index in [-0.39, 0.29) is 11.7 Å². The average molecular weight is 381 g/mol. The van der Waals surface area contributed by atoms with Gasteiger partial charge in [-0.05, 0) is 62.6 Å². The molecule has 0 aliphatic carbocycles. The van der Waals surface area contributed by atoms with E-state index in [1.54, 1.807) is 23.0 Å². The Hall–Kier alpha value is -3.15. The maximum atomic E-state index is 12.8. The first-order chi connectivity index (χ1) is 13.6. The van der Waals surface area contributed by atoms with E-state index >= 15 is 0 Å². The van der Waals surface area contributed by atoms with Crippen molar-refractivity contribution in [2.24, 2.45) is 0 Å². The molecule has 2 aromatic carbocycles. The predicted molar refractivity (Wildman–Crippen MR) is 107 cm³/mol. The average Bonchev–Trinajstić information content (AvgIpc) is 3.07. The van der Waals surface area contributed by atoms with Crippen molar-refractivity contribution < 1.29 is 13.9 Å². The summed E-state index contributed by atoms with van der Waals surface area (Å²) in [6.07, 6.45) is 3.19. The fraction of sp³-hybridized carbons (Fsp3) is 0.273. The molecule has 0 bridgehead atoms. The third-order valence-corrected chi connectivity index (χ3v) is 4.54. The van der Waals surface area contributed by atoms with Crippen molar-refractivity contribution in [1.29, 1.82) is 0 Å². The van der Waals surface area contributed by atoms with Crippen LogP contribution >= 0.6 is 0 Å². The number of rotatable bonds is 8. The number of hydrogen-bond donors (Lipinski definition) is 1. The zero-order valence-corrected chi connectivity index (χ0v) is 16.1. The van der Waals surface area contributed by atoms with Gasteiger partial charge in [0.25, 0.3) is 5.91 Å². The number of nitrogens with one attached hydrogen (secondary N) is 1. The Bertz CT molecular complexity index is 935. The molecule has 1 heterocycles. The molecule has 146 valence electrons. The molecule has 5 nitrogen and oxygen atoms in total. The molecule has 1 N–H and O–H groups in total. The summed E-state index contributed by atoms with van der Waals surface area (Å²) in [6, 6.07) is 13.9. The van der Waals surface area contributed by atoms with Gasteiger partial charge in [-0.3, -0.25) is 4.79 Å². The first kappa shape index (κ1) is 19.6. The molecule has 0 aliphatic heterocycles. The molecule has 0 aliphatic rings. The molecule has 0 fully saturated rings. The monoisotopic (exact) mass is 381 g/mol. The van der Waals surface area contributed by atoms with E-state index in [0.29, 0.717) is 24.5 Å². The summed E-state index contributed by atoms with van der Waals surface area (Å²) in [4.78, 5) is 12.4. The molecule has 0 saturated heterocycles. The fourth-order valence-electron chi connectivity index (χ4n) is 2.92. The van der Waals surface area contributed by atoms with Crippen molar-refractivity contribution in [2.75, 3.05) is 13.2 Å². The number of amides is 1. The SMILES string of the molecule is Cc1ccccc1-n1ncc(C(=O)NCCCCOc2ccc(F)cc2)c1C. The van der Waals surface area contributed by atoms with Gasteiger partial charge >= 0.3 is 0 Å². The lowest BCUT2D eigenvalue weighted by Crippen LogP contribution is -2.25. The molecule has 0 unspecified atom stereocenters. The maximum Gasteiger partial charge on any atom is 0.254 e. The summed E-state index contributed by atoms with van der Waals surface area (Å²) in [5.74, 6) is 0.234. The van der Waals surface area contributed by atoms with E-state index in [4.69, 9.17) is 4.74 Å². The van der Waals surface area contributed by atoms with Crippen molar-refractivity contribution in [3.8, 4) is 11.4 Å². The van der Waals surface area contributed by atoms with Crippen LogP contribution in [0.15, 0.2) is 54.7 Å². The Morgan fingerprint density at radius 3 is 2.61 bits per heavy atom. The fourth-order valence-corrected chi connectivity index (χ4v) is 2.92. The van der Waals surface area contributed by atoms with Crippen LogP contribution in [0.2, 0.25) is 0 Å². The second kappa shape index (κ2) is 9.17. The second-order valence-corrected chi connectivity index (χ2v) is 6.61. The smallest absolute Gasteiger partial charge is 0.254 e. The number of carbonyl (C=O) groups is 1. The number of carbonyl (C=O) groups excluding carboxylic acids is 1. The third kappa shape index (κ3) is 4.76. The van der Waals surface area contributed by atoms with Gasteiger partial charge in [-0.2, -0.15) is 5.10 Å². The number of aryl methyl sites for hydroxylation is 1. The quantitative estimate of drug-likeness (QED) is 0.595. The van der Waals surface area contributed by atoms with Crippen LogP contribution in [0.1, 0.15) is 34.5 Å². The van der Waals surface area contributed by atoms with Crippen molar-refractivity contribution in [3.05, 3.63) is 77.4 Å². The van der Waals surface area contributed by atoms with Gasteiger partial charge in [0.05, 0.1) is 29.7 Å². The van der Waals surface area contributed by atoms with Crippen LogP contribution in [0.4, 0.5) is 4.39 Å². The topological polar surface area (TPSA) is 56.2 Å². The summed E-state index contributed by atoms with van der Waals surface area (Å²) in [5, 5.41) is 7.30. The van der Waals surface area contributed by atoms with E-state index in [1.165, 1.54) is 12.1 Å². The van der Waals surface area contributed by atoms with Gasteiger partial charge in [0, 0.05) is 6.54 Å². The van der Waals surface area contributed by atoms with Crippen molar-refractivity contribution in [1.82, 2.24) is 15.1 Å². The highest BCUT2D eigenvalue weighted by Gasteiger charge is 2.15. The summed E-state index contributed by atoms with van der Waals surface area (Å²) >= 11 is 0. The van der Waals surface area contributed by atoms with Crippen molar-refractivity contribution >= 4 is 5.91 Å². The maximum absolute atomic E-state index is 12.8. The van der Waals surface area contributed by atoms with Gasteiger partial charge < -0.3 is 10.1 Å². The molecule has 0 saturated carbocycles. The number of aromatic nitrogens is 2. The van der Waals surface area contributed by atoms with E-state index in [2.05, 4.69) is 10.4 Å². The van der Waals surface area contributed by atoms with Crippen LogP contribution in [-0.2, 0) is 0 Å². The number of halogens is 1. The minimum absolute atomic E-state index is 0.128. The van der Waals surface area contributed by atoms with Crippen LogP contribution in [0.25, 0.3) is 5.69 Å². The first-order valence-electron chi connectivity index (χ1n) is 9.33. The highest BCUT2D eigenvalue weighted by Crippen LogP contribution is 2.17. The van der Waals surface area contributed by atoms with Gasteiger partial charge in [0.2, 0.25) is 0 Å². The molecule has 3 aromatic rings. The Morgan fingerprint density at radius 1 is 1.11 bits per heavy atom. The summed E-state index contributed by atoms with van der Waals surface area (Å²) in [6.45, 7) is 4.99. The lowest BCUT2D eigenvalue weighted by atomic mass is 10.2. The number of benzene rings is 2. The molecule has 1 amide bonds. The molecule has 0 spiro atoms. The second-order valence-electron chi connectivity index (χ2n) is 6.61. The Morgan fingerprint density at radius 2 is 1.86 bits per heavy atom. The molecule has 0 radical (unpaired) electrons. The minimum atomic E-state index is -0.281. The van der Waals surface area contributed by atoms with Gasteiger partial charge in [0.15, 0.2) is 0 Å². The van der Waals surface area contributed by atoms with Crippen molar-refractivity contribution in [2.45, 2.75) is 26.7 Å². The zero-order valence-electron chi connectivity index (χ0n) is 16.1. The van der Waals surface area contributed by atoms with Gasteiger partial charge in [0.1, 0.15) is 11.6 Å². The Kier molecular flexibility index (Phi) is 6.42. The van der Waals surface area contributed by atoms with Crippen molar-refractivity contribution in [3.63, 3.8) is 0 Å². The van der Waals surface area contributed by atoms with Gasteiger partial charge in [-0.1, -0.05) is 18.2 Å². The molecular formula is C22H24FN3O2. The Labute approximate surface area is 164 Å². The van der Waals surface area contributed by atoms with Gasteiger partial charge in [-0.15, -0.1) is 0 Å². The standard InChI is InChI=1S/C22H24FN3O2/c1-16-7-3-4-8-21(16)26-17(2)20(15-25-26)22(27)24-13-5-6-14-28-19-11-9-18(23)10-12-19/h3-4,7-12,15H,5-6,13-14H2,1-2H3,(H,24,27). The number of unbranched alkanes of at least 4 members (excludes halogenated alkanes) is 1. The van der Waals surface area contributed by atoms with Crippen LogP contribution in [0.5, 0.6) is 5.75 Å². The minimum Gasteiger partial charge on any atom is -0.494 e. The molecule has 28 heavy (non-hydrogen) atoms.